The van der Waals surface area contributed by atoms with Gasteiger partial charge in [0.05, 0.1) is 5.69 Å². The molecule has 19 heavy (non-hydrogen) atoms. The van der Waals surface area contributed by atoms with Gasteiger partial charge in [0.25, 0.3) is 0 Å². The lowest BCUT2D eigenvalue weighted by Crippen LogP contribution is -2.29. The minimum Gasteiger partial charge on any atom is -0.338 e. The minimum absolute atomic E-state index is 0.0898. The molecule has 0 fully saturated rings. The predicted molar refractivity (Wildman–Crippen MR) is 66.6 cm³/mol. The molecule has 102 valence electrons. The highest BCUT2D eigenvalue weighted by molar-refractivity contribution is 5.89. The molecule has 0 atom stereocenters. The van der Waals surface area contributed by atoms with Crippen molar-refractivity contribution >= 4 is 11.7 Å². The van der Waals surface area contributed by atoms with Gasteiger partial charge in [0, 0.05) is 24.1 Å². The van der Waals surface area contributed by atoms with Crippen LogP contribution in [-0.2, 0) is 0 Å². The smallest absolute Gasteiger partial charge is 0.319 e. The summed E-state index contributed by atoms with van der Waals surface area (Å²) in [5.74, 6) is -1.54. The van der Waals surface area contributed by atoms with E-state index in [-0.39, 0.29) is 5.69 Å². The van der Waals surface area contributed by atoms with Crippen molar-refractivity contribution < 1.29 is 13.6 Å². The Balaban J connectivity index is 2.29. The van der Waals surface area contributed by atoms with E-state index in [0.29, 0.717) is 32.0 Å². The van der Waals surface area contributed by atoms with Crippen molar-refractivity contribution in [1.82, 2.24) is 5.32 Å². The van der Waals surface area contributed by atoms with Gasteiger partial charge in [-0.2, -0.15) is 0 Å². The van der Waals surface area contributed by atoms with Crippen LogP contribution in [0.1, 0.15) is 12.8 Å². The van der Waals surface area contributed by atoms with Gasteiger partial charge in [-0.25, -0.2) is 13.6 Å². The van der Waals surface area contributed by atoms with E-state index in [0.717, 1.165) is 12.1 Å². The molecule has 2 N–H and O–H groups in total. The first kappa shape index (κ1) is 14.7. The van der Waals surface area contributed by atoms with E-state index in [2.05, 4.69) is 20.7 Å². The number of azide groups is 1. The van der Waals surface area contributed by atoms with Gasteiger partial charge in [0.1, 0.15) is 11.6 Å². The second-order valence-corrected chi connectivity index (χ2v) is 3.67. The van der Waals surface area contributed by atoms with Crippen LogP contribution in [0.4, 0.5) is 19.3 Å². The molecule has 0 aliphatic carbocycles. The molecule has 0 spiro atoms. The number of amides is 2. The Kier molecular flexibility index (Phi) is 6.11. The zero-order chi connectivity index (χ0) is 14.1. The number of hydrogen-bond acceptors (Lipinski definition) is 2. The Morgan fingerprint density at radius 3 is 2.84 bits per heavy atom. The van der Waals surface area contributed by atoms with Crippen LogP contribution in [0, 0.1) is 11.6 Å². The standard InChI is InChI=1S/C11H13F2N5O/c12-8-3-4-10(9(13)7-8)17-11(19)15-5-1-2-6-16-18-14/h3-4,7H,1-2,5-6H2,(H2,15,17,19). The number of unbranched alkanes of at least 4 members (excludes halogenated alkanes) is 1. The van der Waals surface area contributed by atoms with Crippen LogP contribution in [0.2, 0.25) is 0 Å². The molecule has 0 radical (unpaired) electrons. The lowest BCUT2D eigenvalue weighted by atomic mass is 10.3. The maximum Gasteiger partial charge on any atom is 0.319 e. The van der Waals surface area contributed by atoms with Crippen LogP contribution in [0.25, 0.3) is 10.4 Å². The van der Waals surface area contributed by atoms with E-state index in [1.165, 1.54) is 0 Å². The maximum absolute atomic E-state index is 13.2. The van der Waals surface area contributed by atoms with E-state index < -0.39 is 17.7 Å². The van der Waals surface area contributed by atoms with Crippen molar-refractivity contribution in [3.05, 3.63) is 40.3 Å². The number of anilines is 1. The highest BCUT2D eigenvalue weighted by atomic mass is 19.1. The normalized spacial score (nSPS) is 9.58. The molecule has 8 heteroatoms. The van der Waals surface area contributed by atoms with Crippen molar-refractivity contribution in [3.8, 4) is 0 Å². The van der Waals surface area contributed by atoms with Gasteiger partial charge in [0.15, 0.2) is 0 Å². The summed E-state index contributed by atoms with van der Waals surface area (Å²) < 4.78 is 25.8. The van der Waals surface area contributed by atoms with Gasteiger partial charge in [0.2, 0.25) is 0 Å². The second kappa shape index (κ2) is 7.88. The summed E-state index contributed by atoms with van der Waals surface area (Å²) in [7, 11) is 0. The first-order valence-corrected chi connectivity index (χ1v) is 5.64. The zero-order valence-corrected chi connectivity index (χ0v) is 10.1. The van der Waals surface area contributed by atoms with Crippen LogP contribution in [0.3, 0.4) is 0 Å². The van der Waals surface area contributed by atoms with Gasteiger partial charge in [-0.3, -0.25) is 0 Å². The summed E-state index contributed by atoms with van der Waals surface area (Å²) in [6, 6.07) is 2.31. The Bertz CT molecular complexity index is 488. The van der Waals surface area contributed by atoms with Crippen molar-refractivity contribution in [1.29, 1.82) is 0 Å². The van der Waals surface area contributed by atoms with Gasteiger partial charge < -0.3 is 10.6 Å². The molecule has 2 amide bonds. The largest absolute Gasteiger partial charge is 0.338 e. The van der Waals surface area contributed by atoms with E-state index in [1.807, 2.05) is 0 Å². The first-order chi connectivity index (χ1) is 9.13. The van der Waals surface area contributed by atoms with Crippen molar-refractivity contribution in [2.75, 3.05) is 18.4 Å². The Hall–Kier alpha value is -2.34. The molecule has 6 nitrogen and oxygen atoms in total. The molecule has 0 saturated heterocycles. The van der Waals surface area contributed by atoms with Gasteiger partial charge >= 0.3 is 6.03 Å². The van der Waals surface area contributed by atoms with Gasteiger partial charge in [-0.1, -0.05) is 5.11 Å². The number of carbonyl (C=O) groups is 1. The lowest BCUT2D eigenvalue weighted by Gasteiger charge is -2.08. The molecule has 0 saturated carbocycles. The fourth-order valence-corrected chi connectivity index (χ4v) is 1.31. The molecule has 0 bridgehead atoms. The Morgan fingerprint density at radius 2 is 2.16 bits per heavy atom. The third-order valence-corrected chi connectivity index (χ3v) is 2.21. The van der Waals surface area contributed by atoms with Crippen LogP contribution in [0.5, 0.6) is 0 Å². The third kappa shape index (κ3) is 5.69. The molecule has 1 aromatic rings. The molecule has 1 aromatic carbocycles. The summed E-state index contributed by atoms with van der Waals surface area (Å²) in [4.78, 5) is 14.0. The summed E-state index contributed by atoms with van der Waals surface area (Å²) >= 11 is 0. The molecule has 1 rings (SSSR count). The molecule has 0 heterocycles. The van der Waals surface area contributed by atoms with Crippen LogP contribution in [0.15, 0.2) is 23.3 Å². The molecular weight excluding hydrogens is 256 g/mol. The van der Waals surface area contributed by atoms with Gasteiger partial charge in [-0.15, -0.1) is 0 Å². The van der Waals surface area contributed by atoms with Crippen LogP contribution < -0.4 is 10.6 Å². The summed E-state index contributed by atoms with van der Waals surface area (Å²) in [6.07, 6.45) is 1.29. The lowest BCUT2D eigenvalue weighted by molar-refractivity contribution is 0.252. The number of carbonyl (C=O) groups excluding carboxylic acids is 1. The first-order valence-electron chi connectivity index (χ1n) is 5.64. The van der Waals surface area contributed by atoms with Crippen LogP contribution >= 0.6 is 0 Å². The van der Waals surface area contributed by atoms with E-state index >= 15 is 0 Å². The summed E-state index contributed by atoms with van der Waals surface area (Å²) in [5, 5.41) is 8.11. The topological polar surface area (TPSA) is 89.9 Å². The highest BCUT2D eigenvalue weighted by Gasteiger charge is 2.06. The fourth-order valence-electron chi connectivity index (χ4n) is 1.31. The number of halogens is 2. The highest BCUT2D eigenvalue weighted by Crippen LogP contribution is 2.14. The summed E-state index contributed by atoms with van der Waals surface area (Å²) in [6.45, 7) is 0.738. The minimum atomic E-state index is -0.835. The van der Waals surface area contributed by atoms with Crippen molar-refractivity contribution in [2.24, 2.45) is 5.11 Å². The fraction of sp³-hybridized carbons (Fsp3) is 0.364. The molecule has 0 aliphatic rings. The van der Waals surface area contributed by atoms with Crippen molar-refractivity contribution in [3.63, 3.8) is 0 Å². The molecule has 0 unspecified atom stereocenters. The van der Waals surface area contributed by atoms with Gasteiger partial charge in [-0.05, 0) is 30.5 Å². The molecule has 0 aromatic heterocycles. The average molecular weight is 269 g/mol. The quantitative estimate of drug-likeness (QED) is 0.353. The number of nitrogens with zero attached hydrogens (tertiary/aromatic N) is 3. The number of rotatable bonds is 6. The van der Waals surface area contributed by atoms with Crippen LogP contribution in [-0.4, -0.2) is 19.1 Å². The Morgan fingerprint density at radius 1 is 1.37 bits per heavy atom. The molecular formula is C11H13F2N5O. The predicted octanol–water partition coefficient (Wildman–Crippen LogP) is 3.18. The maximum atomic E-state index is 13.2. The number of benzene rings is 1. The second-order valence-electron chi connectivity index (χ2n) is 3.67. The third-order valence-electron chi connectivity index (χ3n) is 2.21. The monoisotopic (exact) mass is 269 g/mol. The van der Waals surface area contributed by atoms with E-state index in [1.54, 1.807) is 0 Å². The number of nitrogens with one attached hydrogen (secondary N) is 2. The SMILES string of the molecule is [N-]=[N+]=NCCCCNC(=O)Nc1ccc(F)cc1F. The zero-order valence-electron chi connectivity index (χ0n) is 10.1. The molecule has 0 aliphatic heterocycles. The van der Waals surface area contributed by atoms with E-state index in [4.69, 9.17) is 5.53 Å². The number of urea groups is 1. The Labute approximate surface area is 108 Å². The van der Waals surface area contributed by atoms with Crippen molar-refractivity contribution in [2.45, 2.75) is 12.8 Å². The average Bonchev–Trinajstić information content (AvgIpc) is 2.37. The number of hydrogen-bond donors (Lipinski definition) is 2. The summed E-state index contributed by atoms with van der Waals surface area (Å²) in [5.41, 5.74) is 7.95. The van der Waals surface area contributed by atoms with E-state index in [9.17, 15) is 13.6 Å².